The number of nitrogens with zero attached hydrogens (tertiary/aromatic N) is 3. The summed E-state index contributed by atoms with van der Waals surface area (Å²) in [6, 6.07) is 26.7. The Hall–Kier alpha value is -4.54. The number of para-hydroxylation sites is 2. The molecule has 0 aliphatic carbocycles. The maximum Gasteiger partial charge on any atom is 0.332 e. The van der Waals surface area contributed by atoms with Gasteiger partial charge in [-0.2, -0.15) is 0 Å². The average molecular weight is 583 g/mol. The van der Waals surface area contributed by atoms with Crippen LogP contribution in [0.25, 0.3) is 16.8 Å². The Labute approximate surface area is 242 Å². The molecule has 10 heteroatoms. The molecule has 206 valence electrons. The zero-order valence-electron chi connectivity index (χ0n) is 22.4. The largest absolute Gasteiger partial charge is 0.463 e. The molecule has 1 N–H and O–H groups in total. The van der Waals surface area contributed by atoms with Crippen molar-refractivity contribution in [3.8, 4) is 5.69 Å². The molecule has 0 saturated carbocycles. The van der Waals surface area contributed by atoms with Crippen LogP contribution in [0.5, 0.6) is 0 Å². The number of thiazole rings is 1. The number of ether oxygens (including phenoxy) is 1. The van der Waals surface area contributed by atoms with Crippen LogP contribution in [0.3, 0.4) is 0 Å². The number of carbonyl (C=O) groups is 1. The second-order valence-electron chi connectivity index (χ2n) is 9.32. The zero-order chi connectivity index (χ0) is 28.5. The topological polar surface area (TPSA) is 89.3 Å². The van der Waals surface area contributed by atoms with E-state index < -0.39 is 5.97 Å². The maximum absolute atomic E-state index is 14.2. The Morgan fingerprint density at radius 3 is 2.32 bits per heavy atom. The third-order valence-corrected chi connectivity index (χ3v) is 9.25. The number of aromatic nitrogens is 3. The van der Waals surface area contributed by atoms with E-state index in [-0.39, 0.29) is 34.8 Å². The van der Waals surface area contributed by atoms with Gasteiger partial charge in [0.1, 0.15) is 19.4 Å². The molecule has 41 heavy (non-hydrogen) atoms. The van der Waals surface area contributed by atoms with Crippen molar-refractivity contribution < 1.29 is 9.53 Å². The van der Waals surface area contributed by atoms with Crippen molar-refractivity contribution in [3.63, 3.8) is 0 Å². The van der Waals surface area contributed by atoms with Crippen molar-refractivity contribution in [1.82, 2.24) is 14.3 Å². The molecule has 0 radical (unpaired) electrons. The van der Waals surface area contributed by atoms with Gasteiger partial charge >= 0.3 is 5.97 Å². The number of H-pyrrole nitrogens is 1. The van der Waals surface area contributed by atoms with Crippen molar-refractivity contribution in [2.24, 2.45) is 0 Å². The normalized spacial score (nSPS) is 15.3. The van der Waals surface area contributed by atoms with Crippen LogP contribution in [0.2, 0.25) is 0 Å². The van der Waals surface area contributed by atoms with E-state index in [0.29, 0.717) is 14.9 Å². The fourth-order valence-corrected chi connectivity index (χ4v) is 7.27. The molecule has 1 aliphatic rings. The van der Waals surface area contributed by atoms with E-state index in [2.05, 4.69) is 5.10 Å². The first-order valence-corrected chi connectivity index (χ1v) is 14.7. The van der Waals surface area contributed by atoms with Crippen molar-refractivity contribution in [1.29, 1.82) is 0 Å². The highest BCUT2D eigenvalue weighted by atomic mass is 32.2. The number of carbonyl (C=O) groups excluding carboxylic acids is 1. The summed E-state index contributed by atoms with van der Waals surface area (Å²) in [6.07, 6.45) is 1.27. The van der Waals surface area contributed by atoms with Crippen LogP contribution < -0.4 is 25.9 Å². The van der Waals surface area contributed by atoms with Gasteiger partial charge in [-0.3, -0.25) is 19.3 Å². The number of esters is 1. The standard InChI is InChI=1S/C31H26N4O4S2/c1-3-39-25(36)18-22-26(28(37)35(32-22)21-14-8-5-9-15-21)30-34(19-20-12-6-4-7-13-20)29(38)27(41-30)31-33(2)23-16-10-11-17-24(23)40-31/h4-18,32H,3,19H2,1-2H3. The molecule has 0 saturated heterocycles. The fourth-order valence-electron chi connectivity index (χ4n) is 4.77. The molecule has 0 fully saturated rings. The van der Waals surface area contributed by atoms with Crippen LogP contribution in [0.15, 0.2) is 99.4 Å². The third kappa shape index (κ3) is 4.96. The minimum atomic E-state index is -0.583. The van der Waals surface area contributed by atoms with Crippen LogP contribution in [-0.4, -0.2) is 34.0 Å². The summed E-state index contributed by atoms with van der Waals surface area (Å²) >= 11 is 2.78. The van der Waals surface area contributed by atoms with Gasteiger partial charge in [0.15, 0.2) is 0 Å². The highest BCUT2D eigenvalue weighted by Gasteiger charge is 2.25. The maximum atomic E-state index is 14.2. The van der Waals surface area contributed by atoms with Crippen LogP contribution in [0.4, 0.5) is 5.69 Å². The highest BCUT2D eigenvalue weighted by Crippen LogP contribution is 2.45. The Morgan fingerprint density at radius 2 is 1.61 bits per heavy atom. The lowest BCUT2D eigenvalue weighted by Crippen LogP contribution is -2.32. The van der Waals surface area contributed by atoms with Gasteiger partial charge < -0.3 is 9.64 Å². The molecule has 0 atom stereocenters. The third-order valence-electron chi connectivity index (χ3n) is 6.69. The van der Waals surface area contributed by atoms with Gasteiger partial charge in [0, 0.05) is 18.0 Å². The minimum absolute atomic E-state index is 0.193. The van der Waals surface area contributed by atoms with E-state index in [9.17, 15) is 14.4 Å². The van der Waals surface area contributed by atoms with E-state index in [4.69, 9.17) is 4.74 Å². The van der Waals surface area contributed by atoms with Gasteiger partial charge in [-0.25, -0.2) is 9.48 Å². The monoisotopic (exact) mass is 582 g/mol. The summed E-state index contributed by atoms with van der Waals surface area (Å²) in [5.74, 6) is -0.583. The first-order chi connectivity index (χ1) is 20.0. The van der Waals surface area contributed by atoms with Crippen LogP contribution in [0, 0.1) is 9.88 Å². The number of hydrogen-bond donors (Lipinski definition) is 1. The number of rotatable bonds is 5. The molecule has 6 rings (SSSR count). The van der Waals surface area contributed by atoms with Gasteiger partial charge in [-0.15, -0.1) is 11.3 Å². The molecule has 0 amide bonds. The molecule has 0 bridgehead atoms. The molecule has 3 heterocycles. The summed E-state index contributed by atoms with van der Waals surface area (Å²) in [4.78, 5) is 43.9. The first kappa shape index (κ1) is 26.7. The molecule has 0 unspecified atom stereocenters. The van der Waals surface area contributed by atoms with E-state index >= 15 is 0 Å². The van der Waals surface area contributed by atoms with Gasteiger partial charge in [0.2, 0.25) is 0 Å². The molecule has 3 aromatic carbocycles. The van der Waals surface area contributed by atoms with Gasteiger partial charge in [-0.05, 0) is 36.8 Å². The predicted molar refractivity (Wildman–Crippen MR) is 163 cm³/mol. The molecule has 5 aromatic rings. The number of benzene rings is 3. The Balaban J connectivity index is 1.75. The number of thioether (sulfide) groups is 1. The van der Waals surface area contributed by atoms with E-state index in [1.165, 1.54) is 33.9 Å². The average Bonchev–Trinajstić information content (AvgIpc) is 3.60. The van der Waals surface area contributed by atoms with Crippen LogP contribution in [-0.2, 0) is 16.1 Å². The second-order valence-corrected chi connectivity index (χ2v) is 11.3. The summed E-state index contributed by atoms with van der Waals surface area (Å²) in [7, 11) is 1.94. The molecular formula is C31H26N4O4S2. The van der Waals surface area contributed by atoms with Gasteiger partial charge in [0.25, 0.3) is 11.1 Å². The quantitative estimate of drug-likeness (QED) is 0.320. The smallest absolute Gasteiger partial charge is 0.332 e. The van der Waals surface area contributed by atoms with Crippen LogP contribution in [0.1, 0.15) is 12.5 Å². The number of aromatic amines is 1. The summed E-state index contributed by atoms with van der Waals surface area (Å²) < 4.78 is 9.16. The lowest BCUT2D eigenvalue weighted by atomic mass is 10.2. The Bertz CT molecular complexity index is 2100. The van der Waals surface area contributed by atoms with Crippen molar-refractivity contribution >= 4 is 45.9 Å². The molecular weight excluding hydrogens is 556 g/mol. The van der Waals surface area contributed by atoms with Gasteiger partial charge in [-0.1, -0.05) is 72.4 Å². The van der Waals surface area contributed by atoms with E-state index in [1.807, 2.05) is 84.7 Å². The second kappa shape index (κ2) is 11.1. The number of hydrogen-bond acceptors (Lipinski definition) is 7. The van der Waals surface area contributed by atoms with Crippen molar-refractivity contribution in [2.45, 2.75) is 18.4 Å². The summed E-state index contributed by atoms with van der Waals surface area (Å²) in [6.45, 7) is 2.17. The van der Waals surface area contributed by atoms with E-state index in [0.717, 1.165) is 21.2 Å². The highest BCUT2D eigenvalue weighted by molar-refractivity contribution is 8.08. The lowest BCUT2D eigenvalue weighted by Gasteiger charge is -2.11. The van der Waals surface area contributed by atoms with E-state index in [1.54, 1.807) is 23.6 Å². The molecule has 8 nitrogen and oxygen atoms in total. The summed E-state index contributed by atoms with van der Waals surface area (Å²) in [5.41, 5.74) is 1.95. The van der Waals surface area contributed by atoms with Crippen LogP contribution >= 0.6 is 23.1 Å². The molecule has 2 aromatic heterocycles. The number of nitrogens with one attached hydrogen (secondary N) is 1. The molecule has 0 spiro atoms. The fraction of sp³-hybridized carbons (Fsp3) is 0.129. The predicted octanol–water partition coefficient (Wildman–Crippen LogP) is 3.38. The Morgan fingerprint density at radius 1 is 0.927 bits per heavy atom. The lowest BCUT2D eigenvalue weighted by molar-refractivity contribution is -0.135. The SMILES string of the molecule is CCOC(=O)C=c1[nH]n(-c2ccccc2)c(=O)c1=c1sc(=C2Sc3ccccc3N2C)c(=O)n1Cc1ccccc1. The number of fused-ring (bicyclic) bond motifs is 1. The molecule has 1 aliphatic heterocycles. The summed E-state index contributed by atoms with van der Waals surface area (Å²) in [5, 5.41) is 4.38. The first-order valence-electron chi connectivity index (χ1n) is 13.0. The van der Waals surface area contributed by atoms with Crippen molar-refractivity contribution in [3.05, 3.63) is 131 Å². The Kier molecular flexibility index (Phi) is 7.25. The van der Waals surface area contributed by atoms with Crippen molar-refractivity contribution in [2.75, 3.05) is 18.6 Å². The number of anilines is 1. The minimum Gasteiger partial charge on any atom is -0.463 e. The zero-order valence-corrected chi connectivity index (χ0v) is 24.0. The van der Waals surface area contributed by atoms with Gasteiger partial charge in [0.05, 0.1) is 29.9 Å².